The summed E-state index contributed by atoms with van der Waals surface area (Å²) in [5.74, 6) is 0.421. The van der Waals surface area contributed by atoms with Gasteiger partial charge in [-0.15, -0.1) is 0 Å². The van der Waals surface area contributed by atoms with E-state index in [2.05, 4.69) is 0 Å². The molecule has 92 valence electrons. The number of nitrogens with two attached hydrogens (primary N) is 1. The first-order valence-electron chi connectivity index (χ1n) is 5.57. The van der Waals surface area contributed by atoms with Gasteiger partial charge >= 0.3 is 6.03 Å². The van der Waals surface area contributed by atoms with Gasteiger partial charge in [0.2, 0.25) is 0 Å². The molecule has 0 atom stereocenters. The summed E-state index contributed by atoms with van der Waals surface area (Å²) >= 11 is 0. The number of urea groups is 1. The smallest absolute Gasteiger partial charge is 0.338 e. The van der Waals surface area contributed by atoms with Crippen molar-refractivity contribution in [2.45, 2.75) is 18.8 Å². The van der Waals surface area contributed by atoms with Crippen molar-refractivity contribution in [3.63, 3.8) is 0 Å². The van der Waals surface area contributed by atoms with Crippen molar-refractivity contribution in [2.75, 3.05) is 6.54 Å². The van der Waals surface area contributed by atoms with Gasteiger partial charge in [-0.05, 0) is 42.4 Å². The first-order valence-corrected chi connectivity index (χ1v) is 5.57. The predicted molar refractivity (Wildman–Crippen MR) is 59.9 cm³/mol. The van der Waals surface area contributed by atoms with E-state index in [4.69, 9.17) is 10.9 Å². The zero-order valence-corrected chi connectivity index (χ0v) is 9.34. The molecule has 1 aromatic rings. The highest BCUT2D eigenvalue weighted by Gasteiger charge is 2.32. The first kappa shape index (κ1) is 11.9. The average molecular weight is 238 g/mol. The van der Waals surface area contributed by atoms with Gasteiger partial charge in [-0.25, -0.2) is 14.2 Å². The third-order valence-electron chi connectivity index (χ3n) is 3.26. The van der Waals surface area contributed by atoms with Gasteiger partial charge in [0.15, 0.2) is 0 Å². The summed E-state index contributed by atoms with van der Waals surface area (Å²) in [5, 5.41) is 9.71. The molecule has 1 fully saturated rings. The van der Waals surface area contributed by atoms with E-state index < -0.39 is 6.03 Å². The van der Waals surface area contributed by atoms with E-state index >= 15 is 0 Å². The van der Waals surface area contributed by atoms with E-state index in [0.29, 0.717) is 11.0 Å². The number of hydroxylamine groups is 2. The Morgan fingerprint density at radius 1 is 1.41 bits per heavy atom. The molecule has 4 nitrogen and oxygen atoms in total. The van der Waals surface area contributed by atoms with Crippen molar-refractivity contribution in [3.05, 3.63) is 35.6 Å². The molecule has 2 rings (SSSR count). The third kappa shape index (κ3) is 2.74. The number of hydrogen-bond donors (Lipinski definition) is 2. The lowest BCUT2D eigenvalue weighted by atomic mass is 9.71. The lowest BCUT2D eigenvalue weighted by molar-refractivity contribution is -0.0604. The molecular formula is C12H15FN2O2. The van der Waals surface area contributed by atoms with Gasteiger partial charge < -0.3 is 5.73 Å². The average Bonchev–Trinajstić information content (AvgIpc) is 2.24. The van der Waals surface area contributed by atoms with Crippen LogP contribution in [-0.4, -0.2) is 22.8 Å². The van der Waals surface area contributed by atoms with Crippen molar-refractivity contribution in [1.82, 2.24) is 5.06 Å². The van der Waals surface area contributed by atoms with Crippen LogP contribution in [0.2, 0.25) is 0 Å². The summed E-state index contributed by atoms with van der Waals surface area (Å²) in [6, 6.07) is 5.63. The van der Waals surface area contributed by atoms with Crippen molar-refractivity contribution in [1.29, 1.82) is 0 Å². The van der Waals surface area contributed by atoms with Crippen molar-refractivity contribution in [3.8, 4) is 0 Å². The van der Waals surface area contributed by atoms with Crippen molar-refractivity contribution >= 4 is 6.03 Å². The van der Waals surface area contributed by atoms with E-state index in [1.54, 1.807) is 12.1 Å². The quantitative estimate of drug-likeness (QED) is 0.625. The Morgan fingerprint density at radius 2 is 2.00 bits per heavy atom. The summed E-state index contributed by atoms with van der Waals surface area (Å²) in [5.41, 5.74) is 6.02. The van der Waals surface area contributed by atoms with Gasteiger partial charge in [0.25, 0.3) is 0 Å². The number of carbonyl (C=O) groups is 1. The highest BCUT2D eigenvalue weighted by Crippen LogP contribution is 2.41. The third-order valence-corrected chi connectivity index (χ3v) is 3.26. The Morgan fingerprint density at radius 3 is 2.53 bits per heavy atom. The van der Waals surface area contributed by atoms with Crippen molar-refractivity contribution in [2.24, 2.45) is 11.7 Å². The molecule has 0 spiro atoms. The number of rotatable bonds is 3. The van der Waals surface area contributed by atoms with Crippen LogP contribution in [0.4, 0.5) is 9.18 Å². The van der Waals surface area contributed by atoms with E-state index in [1.165, 1.54) is 12.1 Å². The molecule has 2 amide bonds. The second kappa shape index (κ2) is 4.71. The minimum absolute atomic E-state index is 0.236. The molecule has 0 saturated heterocycles. The Kier molecular flexibility index (Phi) is 3.28. The molecule has 0 unspecified atom stereocenters. The summed E-state index contributed by atoms with van der Waals surface area (Å²) in [7, 11) is 0. The van der Waals surface area contributed by atoms with Crippen LogP contribution < -0.4 is 5.73 Å². The molecule has 17 heavy (non-hydrogen) atoms. The molecule has 1 aliphatic rings. The van der Waals surface area contributed by atoms with Crippen LogP contribution in [0.25, 0.3) is 0 Å². The normalized spacial score (nSPS) is 22.9. The van der Waals surface area contributed by atoms with Crippen LogP contribution in [0.15, 0.2) is 24.3 Å². The molecule has 1 aliphatic carbocycles. The second-order valence-electron chi connectivity index (χ2n) is 4.51. The zero-order valence-electron chi connectivity index (χ0n) is 9.34. The van der Waals surface area contributed by atoms with E-state index in [9.17, 15) is 9.18 Å². The fourth-order valence-electron chi connectivity index (χ4n) is 2.23. The SMILES string of the molecule is NC(=O)N(O)C[C@H]1C[C@@H](c2ccc(F)cc2)C1. The maximum absolute atomic E-state index is 12.7. The number of amides is 2. The van der Waals surface area contributed by atoms with Crippen molar-refractivity contribution < 1.29 is 14.4 Å². The summed E-state index contributed by atoms with van der Waals surface area (Å²) < 4.78 is 12.7. The minimum Gasteiger partial charge on any atom is -0.350 e. The number of primary amides is 1. The largest absolute Gasteiger partial charge is 0.350 e. The molecule has 0 aliphatic heterocycles. The molecule has 0 heterocycles. The van der Waals surface area contributed by atoms with Gasteiger partial charge in [0.05, 0.1) is 6.54 Å². The fraction of sp³-hybridized carbons (Fsp3) is 0.417. The summed E-state index contributed by atoms with van der Waals surface area (Å²) in [6.07, 6.45) is 1.77. The highest BCUT2D eigenvalue weighted by atomic mass is 19.1. The zero-order chi connectivity index (χ0) is 12.4. The second-order valence-corrected chi connectivity index (χ2v) is 4.51. The Labute approximate surface area is 98.8 Å². The van der Waals surface area contributed by atoms with Gasteiger partial charge in [0.1, 0.15) is 5.82 Å². The van der Waals surface area contributed by atoms with E-state index in [1.807, 2.05) is 0 Å². The summed E-state index contributed by atoms with van der Waals surface area (Å²) in [6.45, 7) is 0.271. The summed E-state index contributed by atoms with van der Waals surface area (Å²) in [4.78, 5) is 10.6. The van der Waals surface area contributed by atoms with Gasteiger partial charge in [-0.2, -0.15) is 0 Å². The van der Waals surface area contributed by atoms with Crippen LogP contribution in [0.1, 0.15) is 24.3 Å². The Balaban J connectivity index is 1.83. The number of carbonyl (C=O) groups excluding carboxylic acids is 1. The molecule has 0 radical (unpaired) electrons. The van der Waals surface area contributed by atoms with E-state index in [-0.39, 0.29) is 18.3 Å². The molecule has 3 N–H and O–H groups in total. The van der Waals surface area contributed by atoms with Gasteiger partial charge in [0, 0.05) is 0 Å². The lowest BCUT2D eigenvalue weighted by Crippen LogP contribution is -2.39. The van der Waals surface area contributed by atoms with Crippen LogP contribution in [0.3, 0.4) is 0 Å². The molecule has 5 heteroatoms. The maximum atomic E-state index is 12.7. The molecule has 0 aromatic heterocycles. The van der Waals surface area contributed by atoms with Crippen LogP contribution >= 0.6 is 0 Å². The Hall–Kier alpha value is -1.62. The van der Waals surface area contributed by atoms with Crippen LogP contribution in [0.5, 0.6) is 0 Å². The van der Waals surface area contributed by atoms with Crippen LogP contribution in [-0.2, 0) is 0 Å². The first-order chi connectivity index (χ1) is 8.06. The number of benzene rings is 1. The minimum atomic E-state index is -0.824. The maximum Gasteiger partial charge on any atom is 0.338 e. The molecule has 1 aromatic carbocycles. The Bertz CT molecular complexity index is 401. The van der Waals surface area contributed by atoms with Gasteiger partial charge in [-0.1, -0.05) is 12.1 Å². The predicted octanol–water partition coefficient (Wildman–Crippen LogP) is 2.09. The van der Waals surface area contributed by atoms with E-state index in [0.717, 1.165) is 18.4 Å². The highest BCUT2D eigenvalue weighted by molar-refractivity contribution is 5.70. The van der Waals surface area contributed by atoms with Crippen LogP contribution in [0, 0.1) is 11.7 Å². The standard InChI is InChI=1S/C12H15FN2O2/c13-11-3-1-9(2-4-11)10-5-8(6-10)7-15(17)12(14)16/h1-4,8,10,17H,5-7H2,(H2,14,16)/t8-,10+. The topological polar surface area (TPSA) is 66.6 Å². The molecule has 0 bridgehead atoms. The number of halogens is 1. The number of hydrogen-bond acceptors (Lipinski definition) is 2. The fourth-order valence-corrected chi connectivity index (χ4v) is 2.23. The molecule has 1 saturated carbocycles. The number of nitrogens with zero attached hydrogens (tertiary/aromatic N) is 1. The monoisotopic (exact) mass is 238 g/mol. The van der Waals surface area contributed by atoms with Gasteiger partial charge in [-0.3, -0.25) is 5.21 Å². The lowest BCUT2D eigenvalue weighted by Gasteiger charge is -2.36. The molecular weight excluding hydrogens is 223 g/mol.